The Hall–Kier alpha value is -1.64. The van der Waals surface area contributed by atoms with Crippen LogP contribution in [0.4, 0.5) is 0 Å². The fourth-order valence-corrected chi connectivity index (χ4v) is 2.68. The summed E-state index contributed by atoms with van der Waals surface area (Å²) in [4.78, 5) is 11.7. The van der Waals surface area contributed by atoms with Gasteiger partial charge in [0.25, 0.3) is 5.91 Å². The van der Waals surface area contributed by atoms with Crippen molar-refractivity contribution in [3.63, 3.8) is 0 Å². The number of carbonyl (C=O) groups excluding carboxylic acids is 1. The molecule has 8 heteroatoms. The van der Waals surface area contributed by atoms with Gasteiger partial charge in [0.1, 0.15) is 5.75 Å². The Balaban J connectivity index is 1.74. The van der Waals surface area contributed by atoms with E-state index in [-0.39, 0.29) is 18.6 Å². The Morgan fingerprint density at radius 3 is 2.67 bits per heavy atom. The number of hydrogen-bond donors (Lipinski definition) is 1. The number of benzene rings is 1. The molecule has 1 aromatic rings. The minimum absolute atomic E-state index is 0.0602. The molecule has 0 bridgehead atoms. The summed E-state index contributed by atoms with van der Waals surface area (Å²) >= 11 is 0. The fraction of sp³-hybridized carbons (Fsp3) is 0.562. The van der Waals surface area contributed by atoms with E-state index in [1.54, 1.807) is 24.3 Å². The van der Waals surface area contributed by atoms with Crippen molar-refractivity contribution in [2.45, 2.75) is 25.5 Å². The molecule has 1 saturated heterocycles. The van der Waals surface area contributed by atoms with E-state index < -0.39 is 10.0 Å². The van der Waals surface area contributed by atoms with Crippen molar-refractivity contribution in [2.75, 3.05) is 33.1 Å². The number of amides is 1. The first-order chi connectivity index (χ1) is 11.3. The minimum atomic E-state index is -3.21. The second-order valence-electron chi connectivity index (χ2n) is 5.89. The van der Waals surface area contributed by atoms with Crippen LogP contribution in [0, 0.1) is 0 Å². The maximum atomic E-state index is 11.7. The van der Waals surface area contributed by atoms with E-state index in [1.807, 2.05) is 0 Å². The highest BCUT2D eigenvalue weighted by atomic mass is 32.2. The van der Waals surface area contributed by atoms with Crippen LogP contribution in [0.15, 0.2) is 24.3 Å². The smallest absolute Gasteiger partial charge is 0.258 e. The Morgan fingerprint density at radius 1 is 1.38 bits per heavy atom. The van der Waals surface area contributed by atoms with Gasteiger partial charge >= 0.3 is 0 Å². The molecule has 0 aliphatic carbocycles. The van der Waals surface area contributed by atoms with Gasteiger partial charge in [0, 0.05) is 26.7 Å². The zero-order valence-electron chi connectivity index (χ0n) is 14.0. The lowest BCUT2D eigenvalue weighted by molar-refractivity contribution is -0.123. The van der Waals surface area contributed by atoms with E-state index in [4.69, 9.17) is 9.47 Å². The van der Waals surface area contributed by atoms with Crippen LogP contribution in [0.1, 0.15) is 18.4 Å². The standard InChI is InChI=1S/C16H24N2O5S/c1-18(24(2,20)21)11-13-5-7-14(8-6-13)23-12-16(19)17-10-15-4-3-9-22-15/h5-8,15H,3-4,9-12H2,1-2H3,(H,17,19). The molecule has 134 valence electrons. The second-order valence-corrected chi connectivity index (χ2v) is 7.98. The van der Waals surface area contributed by atoms with Crippen LogP contribution in [0.2, 0.25) is 0 Å². The zero-order valence-corrected chi connectivity index (χ0v) is 14.8. The number of carbonyl (C=O) groups is 1. The molecule has 1 amide bonds. The second kappa shape index (κ2) is 8.46. The topological polar surface area (TPSA) is 84.9 Å². The normalized spacial score (nSPS) is 17.9. The molecule has 0 saturated carbocycles. The quantitative estimate of drug-likeness (QED) is 0.743. The summed E-state index contributed by atoms with van der Waals surface area (Å²) in [5.74, 6) is 0.374. The van der Waals surface area contributed by atoms with E-state index in [0.717, 1.165) is 25.0 Å². The van der Waals surface area contributed by atoms with Crippen molar-refractivity contribution in [1.82, 2.24) is 9.62 Å². The predicted molar refractivity (Wildman–Crippen MR) is 90.2 cm³/mol. The van der Waals surface area contributed by atoms with E-state index >= 15 is 0 Å². The molecular formula is C16H24N2O5S. The van der Waals surface area contributed by atoms with Gasteiger partial charge in [-0.15, -0.1) is 0 Å². The van der Waals surface area contributed by atoms with Crippen molar-refractivity contribution in [3.05, 3.63) is 29.8 Å². The summed E-state index contributed by atoms with van der Waals surface area (Å²) in [6, 6.07) is 7.00. The number of hydrogen-bond acceptors (Lipinski definition) is 5. The minimum Gasteiger partial charge on any atom is -0.484 e. The Labute approximate surface area is 143 Å². The number of nitrogens with one attached hydrogen (secondary N) is 1. The zero-order chi connectivity index (χ0) is 17.6. The Bertz CT molecular complexity index is 639. The van der Waals surface area contributed by atoms with Crippen LogP contribution in [0.3, 0.4) is 0 Å². The lowest BCUT2D eigenvalue weighted by Crippen LogP contribution is -2.35. The van der Waals surface area contributed by atoms with Gasteiger partial charge in [-0.05, 0) is 30.5 Å². The molecule has 2 rings (SSSR count). The lowest BCUT2D eigenvalue weighted by atomic mass is 10.2. The van der Waals surface area contributed by atoms with Gasteiger partial charge < -0.3 is 14.8 Å². The Morgan fingerprint density at radius 2 is 2.08 bits per heavy atom. The van der Waals surface area contributed by atoms with Crippen LogP contribution in [-0.4, -0.2) is 57.8 Å². The van der Waals surface area contributed by atoms with Crippen LogP contribution < -0.4 is 10.1 Å². The van der Waals surface area contributed by atoms with Crippen LogP contribution in [-0.2, 0) is 26.1 Å². The third-order valence-electron chi connectivity index (χ3n) is 3.82. The molecule has 1 fully saturated rings. The molecule has 0 spiro atoms. The highest BCUT2D eigenvalue weighted by Gasteiger charge is 2.16. The first-order valence-electron chi connectivity index (χ1n) is 7.86. The Kier molecular flexibility index (Phi) is 6.59. The molecule has 1 aromatic carbocycles. The SMILES string of the molecule is CN(Cc1ccc(OCC(=O)NCC2CCCO2)cc1)S(C)(=O)=O. The molecule has 7 nitrogen and oxygen atoms in total. The molecule has 0 aromatic heterocycles. The first kappa shape index (κ1) is 18.7. The third-order valence-corrected chi connectivity index (χ3v) is 5.08. The highest BCUT2D eigenvalue weighted by Crippen LogP contribution is 2.14. The van der Waals surface area contributed by atoms with Gasteiger partial charge in [-0.25, -0.2) is 12.7 Å². The largest absolute Gasteiger partial charge is 0.484 e. The average molecular weight is 356 g/mol. The van der Waals surface area contributed by atoms with Gasteiger partial charge in [0.15, 0.2) is 6.61 Å². The molecule has 1 aliphatic heterocycles. The molecular weight excluding hydrogens is 332 g/mol. The predicted octanol–water partition coefficient (Wildman–Crippen LogP) is 0.752. The fourth-order valence-electron chi connectivity index (χ4n) is 2.30. The average Bonchev–Trinajstić information content (AvgIpc) is 3.04. The summed E-state index contributed by atoms with van der Waals surface area (Å²) in [5.41, 5.74) is 0.845. The number of sulfonamides is 1. The summed E-state index contributed by atoms with van der Waals surface area (Å²) in [6.07, 6.45) is 3.29. The van der Waals surface area contributed by atoms with Crippen molar-refractivity contribution < 1.29 is 22.7 Å². The van der Waals surface area contributed by atoms with E-state index in [2.05, 4.69) is 5.32 Å². The molecule has 0 radical (unpaired) electrons. The molecule has 1 heterocycles. The van der Waals surface area contributed by atoms with Gasteiger partial charge in [0.2, 0.25) is 10.0 Å². The van der Waals surface area contributed by atoms with Crippen molar-refractivity contribution in [2.24, 2.45) is 0 Å². The first-order valence-corrected chi connectivity index (χ1v) is 9.71. The molecule has 1 unspecified atom stereocenters. The van der Waals surface area contributed by atoms with Gasteiger partial charge in [-0.3, -0.25) is 4.79 Å². The highest BCUT2D eigenvalue weighted by molar-refractivity contribution is 7.88. The monoisotopic (exact) mass is 356 g/mol. The van der Waals surface area contributed by atoms with Crippen LogP contribution in [0.5, 0.6) is 5.75 Å². The maximum Gasteiger partial charge on any atom is 0.258 e. The van der Waals surface area contributed by atoms with Crippen LogP contribution in [0.25, 0.3) is 0 Å². The number of rotatable bonds is 8. The maximum absolute atomic E-state index is 11.7. The number of nitrogens with zero attached hydrogens (tertiary/aromatic N) is 1. The van der Waals surface area contributed by atoms with Crippen LogP contribution >= 0.6 is 0 Å². The van der Waals surface area contributed by atoms with E-state index in [0.29, 0.717) is 18.8 Å². The third kappa shape index (κ3) is 6.10. The summed E-state index contributed by atoms with van der Waals surface area (Å²) in [6.45, 7) is 1.51. The molecule has 24 heavy (non-hydrogen) atoms. The van der Waals surface area contributed by atoms with Gasteiger partial charge in [-0.2, -0.15) is 0 Å². The van der Waals surface area contributed by atoms with E-state index in [1.165, 1.54) is 17.6 Å². The van der Waals surface area contributed by atoms with Crippen molar-refractivity contribution in [3.8, 4) is 5.75 Å². The molecule has 1 atom stereocenters. The summed E-state index contributed by atoms with van der Waals surface area (Å²) in [7, 11) is -1.68. The van der Waals surface area contributed by atoms with E-state index in [9.17, 15) is 13.2 Å². The van der Waals surface area contributed by atoms with Gasteiger partial charge in [-0.1, -0.05) is 12.1 Å². The molecule has 1 N–H and O–H groups in total. The lowest BCUT2D eigenvalue weighted by Gasteiger charge is -2.14. The number of ether oxygens (including phenoxy) is 2. The van der Waals surface area contributed by atoms with Gasteiger partial charge in [0.05, 0.1) is 12.4 Å². The van der Waals surface area contributed by atoms with Crippen molar-refractivity contribution >= 4 is 15.9 Å². The van der Waals surface area contributed by atoms with Crippen molar-refractivity contribution in [1.29, 1.82) is 0 Å². The summed E-state index contributed by atoms with van der Waals surface area (Å²) < 4.78 is 34.9. The molecule has 1 aliphatic rings. The summed E-state index contributed by atoms with van der Waals surface area (Å²) in [5, 5.41) is 2.79.